The quantitative estimate of drug-likeness (QED) is 0.701. The SMILES string of the molecule is Cc1cc(NC(=O)[C@H](C)N)ccn1. The van der Waals surface area contributed by atoms with Crippen LogP contribution in [0.2, 0.25) is 0 Å². The number of pyridine rings is 1. The Hall–Kier alpha value is -1.42. The van der Waals surface area contributed by atoms with Gasteiger partial charge in [0.2, 0.25) is 5.91 Å². The molecule has 0 aliphatic heterocycles. The third-order valence-corrected chi connectivity index (χ3v) is 1.58. The van der Waals surface area contributed by atoms with E-state index in [0.29, 0.717) is 0 Å². The van der Waals surface area contributed by atoms with Crippen molar-refractivity contribution in [3.63, 3.8) is 0 Å². The number of hydrogen-bond donors (Lipinski definition) is 2. The Balaban J connectivity index is 2.69. The Kier molecular flexibility index (Phi) is 2.97. The summed E-state index contributed by atoms with van der Waals surface area (Å²) in [5.74, 6) is -0.189. The van der Waals surface area contributed by atoms with Crippen LogP contribution >= 0.6 is 0 Å². The number of rotatable bonds is 2. The number of carbonyl (C=O) groups excluding carboxylic acids is 1. The molecule has 13 heavy (non-hydrogen) atoms. The van der Waals surface area contributed by atoms with E-state index in [1.807, 2.05) is 6.92 Å². The van der Waals surface area contributed by atoms with E-state index in [0.717, 1.165) is 11.4 Å². The zero-order valence-electron chi connectivity index (χ0n) is 7.74. The molecule has 1 heterocycles. The van der Waals surface area contributed by atoms with Crippen LogP contribution in [-0.4, -0.2) is 16.9 Å². The van der Waals surface area contributed by atoms with Gasteiger partial charge in [-0.1, -0.05) is 0 Å². The Bertz CT molecular complexity index is 309. The first-order valence-corrected chi connectivity index (χ1v) is 4.08. The number of aryl methyl sites for hydroxylation is 1. The lowest BCUT2D eigenvalue weighted by Crippen LogP contribution is -2.32. The van der Waals surface area contributed by atoms with Crippen LogP contribution in [0.4, 0.5) is 5.69 Å². The molecule has 0 radical (unpaired) electrons. The Labute approximate surface area is 77.2 Å². The molecule has 70 valence electrons. The van der Waals surface area contributed by atoms with Crippen molar-refractivity contribution in [1.29, 1.82) is 0 Å². The maximum Gasteiger partial charge on any atom is 0.241 e. The fourth-order valence-corrected chi connectivity index (χ4v) is 0.879. The molecule has 1 amide bonds. The van der Waals surface area contributed by atoms with Gasteiger partial charge in [0.05, 0.1) is 6.04 Å². The summed E-state index contributed by atoms with van der Waals surface area (Å²) < 4.78 is 0. The van der Waals surface area contributed by atoms with Gasteiger partial charge in [-0.25, -0.2) is 0 Å². The lowest BCUT2D eigenvalue weighted by Gasteiger charge is -2.07. The molecule has 0 saturated carbocycles. The van der Waals surface area contributed by atoms with Crippen LogP contribution in [0.15, 0.2) is 18.3 Å². The second-order valence-electron chi connectivity index (χ2n) is 2.96. The molecule has 0 spiro atoms. The summed E-state index contributed by atoms with van der Waals surface area (Å²) in [6.07, 6.45) is 1.64. The van der Waals surface area contributed by atoms with Crippen LogP contribution in [0.25, 0.3) is 0 Å². The van der Waals surface area contributed by atoms with Gasteiger partial charge in [0, 0.05) is 17.6 Å². The van der Waals surface area contributed by atoms with E-state index >= 15 is 0 Å². The lowest BCUT2D eigenvalue weighted by atomic mass is 10.3. The van der Waals surface area contributed by atoms with E-state index in [1.165, 1.54) is 0 Å². The van der Waals surface area contributed by atoms with Gasteiger partial charge in [-0.2, -0.15) is 0 Å². The molecule has 0 saturated heterocycles. The highest BCUT2D eigenvalue weighted by molar-refractivity contribution is 5.94. The second kappa shape index (κ2) is 4.00. The highest BCUT2D eigenvalue weighted by atomic mass is 16.2. The summed E-state index contributed by atoms with van der Waals surface area (Å²) in [5.41, 5.74) is 6.99. The van der Waals surface area contributed by atoms with Crippen molar-refractivity contribution in [2.75, 3.05) is 5.32 Å². The summed E-state index contributed by atoms with van der Waals surface area (Å²) in [6.45, 7) is 3.50. The number of nitrogens with zero attached hydrogens (tertiary/aromatic N) is 1. The highest BCUT2D eigenvalue weighted by Crippen LogP contribution is 2.06. The first kappa shape index (κ1) is 9.67. The van der Waals surface area contributed by atoms with Crippen LogP contribution in [0.5, 0.6) is 0 Å². The first-order valence-electron chi connectivity index (χ1n) is 4.08. The van der Waals surface area contributed by atoms with Gasteiger partial charge in [0.1, 0.15) is 0 Å². The van der Waals surface area contributed by atoms with Crippen molar-refractivity contribution in [3.05, 3.63) is 24.0 Å². The van der Waals surface area contributed by atoms with Gasteiger partial charge < -0.3 is 11.1 Å². The average Bonchev–Trinajstić information content (AvgIpc) is 2.04. The van der Waals surface area contributed by atoms with Crippen LogP contribution < -0.4 is 11.1 Å². The fraction of sp³-hybridized carbons (Fsp3) is 0.333. The van der Waals surface area contributed by atoms with Crippen molar-refractivity contribution >= 4 is 11.6 Å². The minimum atomic E-state index is -0.492. The van der Waals surface area contributed by atoms with Crippen LogP contribution in [0.1, 0.15) is 12.6 Å². The minimum absolute atomic E-state index is 0.189. The van der Waals surface area contributed by atoms with Gasteiger partial charge in [-0.3, -0.25) is 9.78 Å². The van der Waals surface area contributed by atoms with E-state index in [-0.39, 0.29) is 5.91 Å². The van der Waals surface area contributed by atoms with Crippen LogP contribution in [-0.2, 0) is 4.79 Å². The third kappa shape index (κ3) is 2.83. The fourth-order valence-electron chi connectivity index (χ4n) is 0.879. The molecule has 0 fully saturated rings. The van der Waals surface area contributed by atoms with Gasteiger partial charge in [0.25, 0.3) is 0 Å². The van der Waals surface area contributed by atoms with Crippen molar-refractivity contribution in [1.82, 2.24) is 4.98 Å². The number of anilines is 1. The van der Waals surface area contributed by atoms with E-state index in [9.17, 15) is 4.79 Å². The molecule has 1 rings (SSSR count). The van der Waals surface area contributed by atoms with Gasteiger partial charge in [-0.15, -0.1) is 0 Å². The van der Waals surface area contributed by atoms with E-state index in [2.05, 4.69) is 10.3 Å². The molecule has 1 aromatic heterocycles. The molecule has 0 aliphatic rings. The number of amides is 1. The van der Waals surface area contributed by atoms with Gasteiger partial charge in [0.15, 0.2) is 0 Å². The van der Waals surface area contributed by atoms with Crippen LogP contribution in [0, 0.1) is 6.92 Å². The Morgan fingerprint density at radius 2 is 2.38 bits per heavy atom. The normalized spacial score (nSPS) is 12.2. The van der Waals surface area contributed by atoms with Crippen molar-refractivity contribution in [2.45, 2.75) is 19.9 Å². The standard InChI is InChI=1S/C9H13N3O/c1-6-5-8(3-4-11-6)12-9(13)7(2)10/h3-5,7H,10H2,1-2H3,(H,11,12,13)/t7-/m0/s1. The topological polar surface area (TPSA) is 68.0 Å². The van der Waals surface area contributed by atoms with Gasteiger partial charge >= 0.3 is 0 Å². The molecule has 4 heteroatoms. The molecule has 1 aromatic rings. The number of aromatic nitrogens is 1. The minimum Gasteiger partial charge on any atom is -0.325 e. The number of nitrogens with two attached hydrogens (primary N) is 1. The molecule has 0 aromatic carbocycles. The lowest BCUT2D eigenvalue weighted by molar-refractivity contribution is -0.117. The van der Waals surface area contributed by atoms with Crippen molar-refractivity contribution in [3.8, 4) is 0 Å². The summed E-state index contributed by atoms with van der Waals surface area (Å²) in [6, 6.07) is 3.03. The number of hydrogen-bond acceptors (Lipinski definition) is 3. The monoisotopic (exact) mass is 179 g/mol. The molecular weight excluding hydrogens is 166 g/mol. The van der Waals surface area contributed by atoms with Gasteiger partial charge in [-0.05, 0) is 26.0 Å². The average molecular weight is 179 g/mol. The molecule has 0 bridgehead atoms. The molecule has 0 unspecified atom stereocenters. The Morgan fingerprint density at radius 3 is 2.92 bits per heavy atom. The molecular formula is C9H13N3O. The zero-order chi connectivity index (χ0) is 9.84. The molecule has 4 nitrogen and oxygen atoms in total. The summed E-state index contributed by atoms with van der Waals surface area (Å²) in [5, 5.41) is 2.68. The van der Waals surface area contributed by atoms with E-state index < -0.39 is 6.04 Å². The van der Waals surface area contributed by atoms with E-state index in [1.54, 1.807) is 25.3 Å². The third-order valence-electron chi connectivity index (χ3n) is 1.58. The van der Waals surface area contributed by atoms with Crippen molar-refractivity contribution < 1.29 is 4.79 Å². The highest BCUT2D eigenvalue weighted by Gasteiger charge is 2.06. The predicted octanol–water partition coefficient (Wildman–Crippen LogP) is 0.676. The maximum absolute atomic E-state index is 11.2. The van der Waals surface area contributed by atoms with Crippen molar-refractivity contribution in [2.24, 2.45) is 5.73 Å². The summed E-state index contributed by atoms with van der Waals surface area (Å²) in [7, 11) is 0. The molecule has 1 atom stereocenters. The smallest absolute Gasteiger partial charge is 0.241 e. The number of carbonyl (C=O) groups is 1. The zero-order valence-corrected chi connectivity index (χ0v) is 7.74. The maximum atomic E-state index is 11.2. The second-order valence-corrected chi connectivity index (χ2v) is 2.96. The molecule has 3 N–H and O–H groups in total. The number of nitrogens with one attached hydrogen (secondary N) is 1. The summed E-state index contributed by atoms with van der Waals surface area (Å²) >= 11 is 0. The largest absolute Gasteiger partial charge is 0.325 e. The Morgan fingerprint density at radius 1 is 1.69 bits per heavy atom. The summed E-state index contributed by atoms with van der Waals surface area (Å²) in [4.78, 5) is 15.2. The first-order chi connectivity index (χ1) is 6.09. The predicted molar refractivity (Wildman–Crippen MR) is 51.3 cm³/mol. The van der Waals surface area contributed by atoms with Crippen LogP contribution in [0.3, 0.4) is 0 Å². The van der Waals surface area contributed by atoms with E-state index in [4.69, 9.17) is 5.73 Å². The molecule has 0 aliphatic carbocycles.